The number of nitrogens with one attached hydrogen (secondary N) is 2. The van der Waals surface area contributed by atoms with E-state index in [1.54, 1.807) is 6.92 Å². The number of Topliss-reactive ketones (excluding diaryl/α,β-unsaturated/α-hetero) is 1. The first kappa shape index (κ1) is 23.1. The molecular weight excluding hydrogens is 418 g/mol. The summed E-state index contributed by atoms with van der Waals surface area (Å²) in [6, 6.07) is 3.39. The maximum atomic E-state index is 13.0. The van der Waals surface area contributed by atoms with Crippen LogP contribution in [0.2, 0.25) is 0 Å². The number of fused-ring (bicyclic) bond motifs is 1. The Labute approximate surface area is 184 Å². The van der Waals surface area contributed by atoms with Gasteiger partial charge in [0.25, 0.3) is 17.7 Å². The number of ether oxygens (including phenoxy) is 1. The topological polar surface area (TPSA) is 139 Å². The lowest BCUT2D eigenvalue weighted by Gasteiger charge is -2.27. The number of unbranched alkanes of at least 4 members (excludes halogenated alkanes) is 2. The first-order valence-corrected chi connectivity index (χ1v) is 10.5. The maximum absolute atomic E-state index is 13.0. The number of amides is 5. The standard InChI is InChI=1S/C22H25N3O7/c1-13(26)6-3-2-4-11-23-18(28)12-32-16-8-5-7-14-19(16)22(31)25(21(14)30)15-9-10-17(27)24-20(15)29/h5,7-8,15H,2-4,6,9-12H2,1H3,(H,23,28)(H,24,27,29). The van der Waals surface area contributed by atoms with Crippen molar-refractivity contribution < 1.29 is 33.5 Å². The molecule has 2 heterocycles. The minimum atomic E-state index is -1.07. The molecule has 10 nitrogen and oxygen atoms in total. The summed E-state index contributed by atoms with van der Waals surface area (Å²) in [6.07, 6.45) is 2.94. The second-order valence-electron chi connectivity index (χ2n) is 7.78. The fourth-order valence-electron chi connectivity index (χ4n) is 3.70. The van der Waals surface area contributed by atoms with Crippen LogP contribution in [0.25, 0.3) is 0 Å². The molecule has 2 aliphatic rings. The lowest BCUT2D eigenvalue weighted by atomic mass is 10.0. The molecule has 5 amide bonds. The molecule has 1 atom stereocenters. The summed E-state index contributed by atoms with van der Waals surface area (Å²) in [7, 11) is 0. The quantitative estimate of drug-likeness (QED) is 0.401. The van der Waals surface area contributed by atoms with Gasteiger partial charge in [0, 0.05) is 19.4 Å². The van der Waals surface area contributed by atoms with Gasteiger partial charge in [-0.1, -0.05) is 12.5 Å². The van der Waals surface area contributed by atoms with Gasteiger partial charge >= 0.3 is 0 Å². The highest BCUT2D eigenvalue weighted by Crippen LogP contribution is 2.33. The first-order valence-electron chi connectivity index (χ1n) is 10.5. The summed E-state index contributed by atoms with van der Waals surface area (Å²) in [5.74, 6) is -2.64. The van der Waals surface area contributed by atoms with E-state index in [9.17, 15) is 28.8 Å². The van der Waals surface area contributed by atoms with Crippen molar-refractivity contribution in [3.8, 4) is 5.75 Å². The van der Waals surface area contributed by atoms with Gasteiger partial charge in [0.2, 0.25) is 11.8 Å². The van der Waals surface area contributed by atoms with Crippen LogP contribution < -0.4 is 15.4 Å². The monoisotopic (exact) mass is 443 g/mol. The second kappa shape index (κ2) is 10.2. The highest BCUT2D eigenvalue weighted by molar-refractivity contribution is 6.24. The van der Waals surface area contributed by atoms with E-state index in [0.29, 0.717) is 13.0 Å². The summed E-state index contributed by atoms with van der Waals surface area (Å²) >= 11 is 0. The van der Waals surface area contributed by atoms with Gasteiger partial charge in [0.05, 0.1) is 11.1 Å². The third kappa shape index (κ3) is 5.19. The van der Waals surface area contributed by atoms with Crippen LogP contribution in [-0.4, -0.2) is 59.4 Å². The van der Waals surface area contributed by atoms with Crippen LogP contribution in [0.1, 0.15) is 66.2 Å². The summed E-state index contributed by atoms with van der Waals surface area (Å²) in [4.78, 5) is 73.1. The fraction of sp³-hybridized carbons (Fsp3) is 0.455. The number of piperidine rings is 1. The molecule has 0 radical (unpaired) electrons. The zero-order valence-corrected chi connectivity index (χ0v) is 17.8. The summed E-state index contributed by atoms with van der Waals surface area (Å²) in [6.45, 7) is 1.64. The van der Waals surface area contributed by atoms with Gasteiger partial charge in [0.1, 0.15) is 17.6 Å². The molecule has 1 aromatic rings. The van der Waals surface area contributed by atoms with E-state index in [1.165, 1.54) is 18.2 Å². The average Bonchev–Trinajstić information content (AvgIpc) is 3.00. The number of nitrogens with zero attached hydrogens (tertiary/aromatic N) is 1. The molecule has 32 heavy (non-hydrogen) atoms. The molecule has 1 aromatic carbocycles. The Morgan fingerprint density at radius 3 is 2.62 bits per heavy atom. The third-order valence-corrected chi connectivity index (χ3v) is 5.32. The maximum Gasteiger partial charge on any atom is 0.266 e. The number of hydrogen-bond donors (Lipinski definition) is 2. The van der Waals surface area contributed by atoms with Crippen molar-refractivity contribution in [2.45, 2.75) is 51.5 Å². The molecule has 1 fully saturated rings. The molecule has 0 aliphatic carbocycles. The number of hydrogen-bond acceptors (Lipinski definition) is 7. The van der Waals surface area contributed by atoms with E-state index in [0.717, 1.165) is 24.2 Å². The average molecular weight is 443 g/mol. The van der Waals surface area contributed by atoms with Crippen molar-refractivity contribution in [2.24, 2.45) is 0 Å². The summed E-state index contributed by atoms with van der Waals surface area (Å²) in [5.41, 5.74) is 0.0855. The lowest BCUT2D eigenvalue weighted by molar-refractivity contribution is -0.136. The van der Waals surface area contributed by atoms with Crippen LogP contribution >= 0.6 is 0 Å². The number of ketones is 1. The first-order chi connectivity index (χ1) is 15.3. The molecule has 3 rings (SSSR count). The molecule has 10 heteroatoms. The minimum absolute atomic E-state index is 0.000710. The zero-order chi connectivity index (χ0) is 23.3. The number of benzene rings is 1. The molecule has 0 aromatic heterocycles. The van der Waals surface area contributed by atoms with E-state index >= 15 is 0 Å². The van der Waals surface area contributed by atoms with E-state index in [-0.39, 0.29) is 48.0 Å². The number of rotatable bonds is 10. The van der Waals surface area contributed by atoms with Crippen LogP contribution in [0.5, 0.6) is 5.75 Å². The van der Waals surface area contributed by atoms with Crippen LogP contribution in [0.4, 0.5) is 0 Å². The Bertz CT molecular complexity index is 972. The smallest absolute Gasteiger partial charge is 0.266 e. The van der Waals surface area contributed by atoms with Gasteiger partial charge in [-0.05, 0) is 38.3 Å². The van der Waals surface area contributed by atoms with Crippen LogP contribution in [-0.2, 0) is 19.2 Å². The lowest BCUT2D eigenvalue weighted by Crippen LogP contribution is -2.54. The van der Waals surface area contributed by atoms with Gasteiger partial charge in [-0.3, -0.25) is 34.2 Å². The van der Waals surface area contributed by atoms with Crippen molar-refractivity contribution in [2.75, 3.05) is 13.2 Å². The van der Waals surface area contributed by atoms with Gasteiger partial charge in [-0.2, -0.15) is 0 Å². The number of imide groups is 2. The molecule has 170 valence electrons. The molecular formula is C22H25N3O7. The van der Waals surface area contributed by atoms with Crippen molar-refractivity contribution in [1.29, 1.82) is 0 Å². The molecule has 0 bridgehead atoms. The van der Waals surface area contributed by atoms with Crippen molar-refractivity contribution in [3.05, 3.63) is 29.3 Å². The van der Waals surface area contributed by atoms with Crippen molar-refractivity contribution >= 4 is 35.3 Å². The number of carbonyl (C=O) groups excluding carboxylic acids is 6. The van der Waals surface area contributed by atoms with Gasteiger partial charge < -0.3 is 14.8 Å². The second-order valence-corrected chi connectivity index (χ2v) is 7.78. The highest BCUT2D eigenvalue weighted by Gasteiger charge is 2.46. The molecule has 0 spiro atoms. The van der Waals surface area contributed by atoms with Gasteiger partial charge in [0.15, 0.2) is 6.61 Å². The molecule has 1 saturated heterocycles. The summed E-state index contributed by atoms with van der Waals surface area (Å²) in [5, 5.41) is 4.84. The zero-order valence-electron chi connectivity index (χ0n) is 17.8. The molecule has 0 saturated carbocycles. The van der Waals surface area contributed by atoms with Gasteiger partial charge in [-0.15, -0.1) is 0 Å². The van der Waals surface area contributed by atoms with Gasteiger partial charge in [-0.25, -0.2) is 0 Å². The van der Waals surface area contributed by atoms with Crippen LogP contribution in [0.3, 0.4) is 0 Å². The van der Waals surface area contributed by atoms with E-state index in [2.05, 4.69) is 10.6 Å². The molecule has 1 unspecified atom stereocenters. The van der Waals surface area contributed by atoms with Crippen molar-refractivity contribution in [1.82, 2.24) is 15.5 Å². The van der Waals surface area contributed by atoms with E-state index in [1.807, 2.05) is 0 Å². The Morgan fingerprint density at radius 2 is 1.91 bits per heavy atom. The number of carbonyl (C=O) groups is 6. The Balaban J connectivity index is 1.58. The van der Waals surface area contributed by atoms with Crippen LogP contribution in [0.15, 0.2) is 18.2 Å². The Morgan fingerprint density at radius 1 is 1.12 bits per heavy atom. The Kier molecular flexibility index (Phi) is 7.34. The third-order valence-electron chi connectivity index (χ3n) is 5.32. The summed E-state index contributed by atoms with van der Waals surface area (Å²) < 4.78 is 5.51. The predicted octanol–water partition coefficient (Wildman–Crippen LogP) is 0.732. The van der Waals surface area contributed by atoms with Crippen LogP contribution in [0, 0.1) is 0 Å². The SMILES string of the molecule is CC(=O)CCCCCNC(=O)COc1cccc2c1C(=O)N(C1CCC(=O)NC1=O)C2=O. The Hall–Kier alpha value is -3.56. The predicted molar refractivity (Wildman–Crippen MR) is 111 cm³/mol. The molecule has 2 N–H and O–H groups in total. The highest BCUT2D eigenvalue weighted by atomic mass is 16.5. The van der Waals surface area contributed by atoms with E-state index < -0.39 is 29.7 Å². The molecule has 2 aliphatic heterocycles. The largest absolute Gasteiger partial charge is 0.483 e. The van der Waals surface area contributed by atoms with E-state index in [4.69, 9.17) is 4.74 Å². The minimum Gasteiger partial charge on any atom is -0.483 e. The fourth-order valence-corrected chi connectivity index (χ4v) is 3.70. The van der Waals surface area contributed by atoms with Crippen molar-refractivity contribution in [3.63, 3.8) is 0 Å². The normalized spacial score (nSPS) is 17.8.